The number of amides is 1. The van der Waals surface area contributed by atoms with Gasteiger partial charge in [0.25, 0.3) is 0 Å². The molecule has 6 heteroatoms. The van der Waals surface area contributed by atoms with E-state index >= 15 is 0 Å². The number of ether oxygens (including phenoxy) is 1. The van der Waals surface area contributed by atoms with Gasteiger partial charge >= 0.3 is 6.09 Å². The number of piperazine rings is 1. The molecule has 1 saturated heterocycles. The van der Waals surface area contributed by atoms with Crippen LogP contribution in [0.2, 0.25) is 10.0 Å². The van der Waals surface area contributed by atoms with E-state index in [4.69, 9.17) is 27.9 Å². The maximum absolute atomic E-state index is 12.0. The second-order valence-electron chi connectivity index (χ2n) is 6.05. The molecule has 1 aliphatic rings. The van der Waals surface area contributed by atoms with Crippen LogP contribution in [-0.4, -0.2) is 42.8 Å². The van der Waals surface area contributed by atoms with E-state index in [0.717, 1.165) is 5.69 Å². The molecule has 0 radical (unpaired) electrons. The molecule has 116 valence electrons. The zero-order valence-electron chi connectivity index (χ0n) is 12.5. The number of anilines is 1. The summed E-state index contributed by atoms with van der Waals surface area (Å²) in [6.07, 6.45) is -0.264. The van der Waals surface area contributed by atoms with E-state index in [1.165, 1.54) is 0 Å². The van der Waals surface area contributed by atoms with Crippen LogP contribution in [0.5, 0.6) is 0 Å². The Hall–Kier alpha value is -1.13. The SMILES string of the molecule is CC(C)(C)OC(=O)N1CCN(c2cc(Cl)ccc2Cl)CC1. The zero-order chi connectivity index (χ0) is 15.6. The van der Waals surface area contributed by atoms with E-state index in [2.05, 4.69) is 4.90 Å². The van der Waals surface area contributed by atoms with Gasteiger partial charge in [-0.05, 0) is 39.0 Å². The summed E-state index contributed by atoms with van der Waals surface area (Å²) in [5.41, 5.74) is 0.442. The first kappa shape index (κ1) is 16.2. The fraction of sp³-hybridized carbons (Fsp3) is 0.533. The highest BCUT2D eigenvalue weighted by molar-refractivity contribution is 6.35. The molecule has 1 aliphatic heterocycles. The van der Waals surface area contributed by atoms with Crippen molar-refractivity contribution in [2.45, 2.75) is 26.4 Å². The largest absolute Gasteiger partial charge is 0.444 e. The summed E-state index contributed by atoms with van der Waals surface area (Å²) >= 11 is 12.2. The maximum Gasteiger partial charge on any atom is 0.410 e. The van der Waals surface area contributed by atoms with Crippen LogP contribution in [0.1, 0.15) is 20.8 Å². The molecule has 0 aliphatic carbocycles. The number of hydrogen-bond donors (Lipinski definition) is 0. The van der Waals surface area contributed by atoms with Gasteiger partial charge in [-0.3, -0.25) is 0 Å². The van der Waals surface area contributed by atoms with Gasteiger partial charge in [0.2, 0.25) is 0 Å². The number of carbonyl (C=O) groups excluding carboxylic acids is 1. The molecule has 0 N–H and O–H groups in total. The highest BCUT2D eigenvalue weighted by Crippen LogP contribution is 2.29. The quantitative estimate of drug-likeness (QED) is 0.778. The molecular formula is C15H20Cl2N2O2. The normalized spacial score (nSPS) is 16.0. The fourth-order valence-electron chi connectivity index (χ4n) is 2.18. The Morgan fingerprint density at radius 3 is 2.33 bits per heavy atom. The molecule has 0 unspecified atom stereocenters. The predicted molar refractivity (Wildman–Crippen MR) is 86.5 cm³/mol. The summed E-state index contributed by atoms with van der Waals surface area (Å²) in [5, 5.41) is 1.33. The molecule has 1 amide bonds. The molecule has 1 fully saturated rings. The number of hydrogen-bond acceptors (Lipinski definition) is 3. The lowest BCUT2D eigenvalue weighted by Crippen LogP contribution is -2.50. The van der Waals surface area contributed by atoms with E-state index in [1.54, 1.807) is 17.0 Å². The molecule has 0 spiro atoms. The van der Waals surface area contributed by atoms with Crippen LogP contribution in [0.3, 0.4) is 0 Å². The Morgan fingerprint density at radius 1 is 1.14 bits per heavy atom. The Kier molecular flexibility index (Phi) is 4.89. The number of nitrogens with zero attached hydrogens (tertiary/aromatic N) is 2. The highest BCUT2D eigenvalue weighted by atomic mass is 35.5. The van der Waals surface area contributed by atoms with Gasteiger partial charge in [-0.15, -0.1) is 0 Å². The molecule has 21 heavy (non-hydrogen) atoms. The van der Waals surface area contributed by atoms with Crippen molar-refractivity contribution >= 4 is 35.0 Å². The van der Waals surface area contributed by atoms with Gasteiger partial charge in [0.05, 0.1) is 10.7 Å². The molecule has 1 aromatic carbocycles. The van der Waals surface area contributed by atoms with E-state index < -0.39 is 5.60 Å². The van der Waals surface area contributed by atoms with E-state index in [-0.39, 0.29) is 6.09 Å². The van der Waals surface area contributed by atoms with Crippen molar-refractivity contribution in [1.82, 2.24) is 4.90 Å². The van der Waals surface area contributed by atoms with Gasteiger partial charge in [0, 0.05) is 31.2 Å². The number of rotatable bonds is 1. The van der Waals surface area contributed by atoms with Gasteiger partial charge < -0.3 is 14.5 Å². The van der Waals surface area contributed by atoms with Crippen LogP contribution in [0.25, 0.3) is 0 Å². The summed E-state index contributed by atoms with van der Waals surface area (Å²) in [6.45, 7) is 8.24. The predicted octanol–water partition coefficient (Wildman–Crippen LogP) is 4.05. The topological polar surface area (TPSA) is 32.8 Å². The van der Waals surface area contributed by atoms with Crippen molar-refractivity contribution < 1.29 is 9.53 Å². The second kappa shape index (κ2) is 6.32. The van der Waals surface area contributed by atoms with Crippen molar-refractivity contribution in [2.75, 3.05) is 31.1 Å². The minimum atomic E-state index is -0.468. The Bertz CT molecular complexity index is 521. The van der Waals surface area contributed by atoms with Crippen molar-refractivity contribution in [1.29, 1.82) is 0 Å². The van der Waals surface area contributed by atoms with Gasteiger partial charge in [-0.1, -0.05) is 23.2 Å². The van der Waals surface area contributed by atoms with Crippen LogP contribution in [0.4, 0.5) is 10.5 Å². The summed E-state index contributed by atoms with van der Waals surface area (Å²) in [7, 11) is 0. The van der Waals surface area contributed by atoms with Crippen LogP contribution in [0.15, 0.2) is 18.2 Å². The lowest BCUT2D eigenvalue weighted by atomic mass is 10.2. The minimum absolute atomic E-state index is 0.264. The van der Waals surface area contributed by atoms with E-state index in [9.17, 15) is 4.79 Å². The molecule has 2 rings (SSSR count). The molecular weight excluding hydrogens is 311 g/mol. The number of benzene rings is 1. The average Bonchev–Trinajstić information content (AvgIpc) is 2.40. The minimum Gasteiger partial charge on any atom is -0.444 e. The average molecular weight is 331 g/mol. The van der Waals surface area contributed by atoms with Crippen LogP contribution < -0.4 is 4.90 Å². The summed E-state index contributed by atoms with van der Waals surface area (Å²) in [6, 6.07) is 5.41. The van der Waals surface area contributed by atoms with Gasteiger partial charge in [-0.25, -0.2) is 4.79 Å². The Labute approximate surface area is 135 Å². The molecule has 0 bridgehead atoms. The van der Waals surface area contributed by atoms with Crippen molar-refractivity contribution in [3.63, 3.8) is 0 Å². The molecule has 4 nitrogen and oxygen atoms in total. The smallest absolute Gasteiger partial charge is 0.410 e. The molecule has 1 aromatic rings. The monoisotopic (exact) mass is 330 g/mol. The third kappa shape index (κ3) is 4.42. The second-order valence-corrected chi connectivity index (χ2v) is 6.89. The lowest BCUT2D eigenvalue weighted by Gasteiger charge is -2.37. The van der Waals surface area contributed by atoms with Crippen LogP contribution in [0, 0.1) is 0 Å². The van der Waals surface area contributed by atoms with Gasteiger partial charge in [0.15, 0.2) is 0 Å². The van der Waals surface area contributed by atoms with Crippen molar-refractivity contribution in [2.24, 2.45) is 0 Å². The Balaban J connectivity index is 1.97. The first-order valence-corrected chi connectivity index (χ1v) is 7.70. The maximum atomic E-state index is 12.0. The number of carbonyl (C=O) groups is 1. The van der Waals surface area contributed by atoms with E-state index in [1.807, 2.05) is 26.8 Å². The first-order chi connectivity index (χ1) is 9.76. The van der Waals surface area contributed by atoms with Crippen molar-refractivity contribution in [3.05, 3.63) is 28.2 Å². The lowest BCUT2D eigenvalue weighted by molar-refractivity contribution is 0.0240. The van der Waals surface area contributed by atoms with Gasteiger partial charge in [0.1, 0.15) is 5.60 Å². The standard InChI is InChI=1S/C15H20Cl2N2O2/c1-15(2,3)21-14(20)19-8-6-18(7-9-19)13-10-11(16)4-5-12(13)17/h4-5,10H,6-9H2,1-3H3. The van der Waals surface area contributed by atoms with Crippen LogP contribution in [-0.2, 0) is 4.74 Å². The zero-order valence-corrected chi connectivity index (χ0v) is 14.0. The molecule has 0 saturated carbocycles. The summed E-state index contributed by atoms with van der Waals surface area (Å²) in [5.74, 6) is 0. The summed E-state index contributed by atoms with van der Waals surface area (Å²) in [4.78, 5) is 15.9. The first-order valence-electron chi connectivity index (χ1n) is 6.94. The number of halogens is 2. The van der Waals surface area contributed by atoms with E-state index in [0.29, 0.717) is 36.2 Å². The summed E-state index contributed by atoms with van der Waals surface area (Å²) < 4.78 is 5.38. The molecule has 0 atom stereocenters. The fourth-order valence-corrected chi connectivity index (χ4v) is 2.59. The highest BCUT2D eigenvalue weighted by Gasteiger charge is 2.26. The third-order valence-corrected chi connectivity index (χ3v) is 3.73. The van der Waals surface area contributed by atoms with Crippen molar-refractivity contribution in [3.8, 4) is 0 Å². The van der Waals surface area contributed by atoms with Gasteiger partial charge in [-0.2, -0.15) is 0 Å². The molecule has 1 heterocycles. The Morgan fingerprint density at radius 2 is 1.76 bits per heavy atom. The third-order valence-electron chi connectivity index (χ3n) is 3.18. The van der Waals surface area contributed by atoms with Crippen LogP contribution >= 0.6 is 23.2 Å². The molecule has 0 aromatic heterocycles.